The third-order valence-corrected chi connectivity index (χ3v) is 4.94. The Morgan fingerprint density at radius 3 is 2.75 bits per heavy atom. The molecular weight excluding hydrogens is 378 g/mol. The normalized spacial score (nSPS) is 12.4. The summed E-state index contributed by atoms with van der Waals surface area (Å²) >= 11 is 6.25. The molecule has 0 saturated carbocycles. The molecule has 1 heterocycles. The Labute approximate surface area is 167 Å². The van der Waals surface area contributed by atoms with Crippen molar-refractivity contribution in [2.24, 2.45) is 0 Å². The number of halogens is 1. The number of anilines is 1. The molecule has 0 bridgehead atoms. The van der Waals surface area contributed by atoms with E-state index in [0.717, 1.165) is 22.6 Å². The summed E-state index contributed by atoms with van der Waals surface area (Å²) in [6.07, 6.45) is 0. The second kappa shape index (κ2) is 7.44. The molecule has 28 heavy (non-hydrogen) atoms. The number of carbonyl (C=O) groups is 1. The van der Waals surface area contributed by atoms with E-state index in [1.54, 1.807) is 12.1 Å². The molecule has 4 rings (SSSR count). The molecule has 0 fully saturated rings. The SMILES string of the molecule is COc1c(CN2Cc3ccccc3Oc3ccc(Cl)cc32)cccc1C(=O)O. The number of methoxy groups -OCH3 is 1. The molecule has 0 amide bonds. The Morgan fingerprint density at radius 1 is 1.14 bits per heavy atom. The van der Waals surface area contributed by atoms with Gasteiger partial charge in [0.15, 0.2) is 5.75 Å². The number of ether oxygens (including phenoxy) is 2. The van der Waals surface area contributed by atoms with Gasteiger partial charge in [-0.1, -0.05) is 41.9 Å². The van der Waals surface area contributed by atoms with Crippen LogP contribution >= 0.6 is 11.6 Å². The smallest absolute Gasteiger partial charge is 0.339 e. The van der Waals surface area contributed by atoms with E-state index in [0.29, 0.717) is 29.6 Å². The van der Waals surface area contributed by atoms with Crippen LogP contribution in [0.1, 0.15) is 21.5 Å². The van der Waals surface area contributed by atoms with Crippen molar-refractivity contribution in [1.29, 1.82) is 0 Å². The maximum atomic E-state index is 11.6. The van der Waals surface area contributed by atoms with Gasteiger partial charge in [-0.2, -0.15) is 0 Å². The van der Waals surface area contributed by atoms with Crippen LogP contribution in [0.3, 0.4) is 0 Å². The Kier molecular flexibility index (Phi) is 4.84. The summed E-state index contributed by atoms with van der Waals surface area (Å²) in [6.45, 7) is 1.03. The highest BCUT2D eigenvalue weighted by Crippen LogP contribution is 2.41. The monoisotopic (exact) mass is 395 g/mol. The van der Waals surface area contributed by atoms with Gasteiger partial charge in [0.05, 0.1) is 12.8 Å². The number of benzene rings is 3. The molecule has 5 nitrogen and oxygen atoms in total. The molecule has 0 radical (unpaired) electrons. The molecule has 0 aliphatic carbocycles. The zero-order valence-electron chi connectivity index (χ0n) is 15.2. The van der Waals surface area contributed by atoms with Gasteiger partial charge in [0.2, 0.25) is 0 Å². The average Bonchev–Trinajstić information content (AvgIpc) is 2.84. The molecular formula is C22H18ClNO4. The van der Waals surface area contributed by atoms with Gasteiger partial charge in [-0.15, -0.1) is 0 Å². The van der Waals surface area contributed by atoms with Crippen LogP contribution in [0.15, 0.2) is 60.7 Å². The van der Waals surface area contributed by atoms with E-state index in [2.05, 4.69) is 4.90 Å². The van der Waals surface area contributed by atoms with Gasteiger partial charge in [-0.3, -0.25) is 0 Å². The van der Waals surface area contributed by atoms with Crippen LogP contribution in [0.4, 0.5) is 5.69 Å². The number of fused-ring (bicyclic) bond motifs is 2. The van der Waals surface area contributed by atoms with Gasteiger partial charge in [0.1, 0.15) is 17.1 Å². The molecule has 142 valence electrons. The quantitative estimate of drug-likeness (QED) is 0.644. The lowest BCUT2D eigenvalue weighted by molar-refractivity contribution is 0.0693. The van der Waals surface area contributed by atoms with Crippen molar-refractivity contribution in [3.63, 3.8) is 0 Å². The second-order valence-corrected chi connectivity index (χ2v) is 6.92. The fourth-order valence-electron chi connectivity index (χ4n) is 3.43. The van der Waals surface area contributed by atoms with Gasteiger partial charge < -0.3 is 19.5 Å². The first-order valence-corrected chi connectivity index (χ1v) is 9.14. The molecule has 1 N–H and O–H groups in total. The standard InChI is InChI=1S/C22H18ClNO4/c1-27-21-15(6-4-7-17(21)22(25)26)13-24-12-14-5-2-3-8-19(14)28-20-10-9-16(23)11-18(20)24/h2-11H,12-13H2,1H3,(H,25,26). The summed E-state index contributed by atoms with van der Waals surface area (Å²) < 4.78 is 11.5. The second-order valence-electron chi connectivity index (χ2n) is 6.48. The van der Waals surface area contributed by atoms with Gasteiger partial charge in [0.25, 0.3) is 0 Å². The third-order valence-electron chi connectivity index (χ3n) is 4.71. The number of rotatable bonds is 4. The topological polar surface area (TPSA) is 59.0 Å². The van der Waals surface area contributed by atoms with E-state index in [1.807, 2.05) is 42.5 Å². The lowest BCUT2D eigenvalue weighted by atomic mass is 10.1. The number of nitrogens with zero attached hydrogens (tertiary/aromatic N) is 1. The molecule has 0 unspecified atom stereocenters. The highest BCUT2D eigenvalue weighted by atomic mass is 35.5. The summed E-state index contributed by atoms with van der Waals surface area (Å²) in [7, 11) is 1.48. The zero-order chi connectivity index (χ0) is 19.7. The first-order chi connectivity index (χ1) is 13.6. The minimum Gasteiger partial charge on any atom is -0.495 e. The maximum Gasteiger partial charge on any atom is 0.339 e. The summed E-state index contributed by atoms with van der Waals surface area (Å²) in [5, 5.41) is 10.1. The molecule has 3 aromatic carbocycles. The molecule has 3 aromatic rings. The summed E-state index contributed by atoms with van der Waals surface area (Å²) in [5.41, 5.74) is 2.78. The molecule has 1 aliphatic heterocycles. The van der Waals surface area contributed by atoms with Crippen LogP contribution in [0.2, 0.25) is 5.02 Å². The third kappa shape index (κ3) is 3.37. The van der Waals surface area contributed by atoms with Gasteiger partial charge in [0, 0.05) is 29.2 Å². The van der Waals surface area contributed by atoms with E-state index in [9.17, 15) is 9.90 Å². The summed E-state index contributed by atoms with van der Waals surface area (Å²) in [6, 6.07) is 18.5. The van der Waals surface area contributed by atoms with E-state index in [1.165, 1.54) is 13.2 Å². The van der Waals surface area contributed by atoms with E-state index in [-0.39, 0.29) is 5.56 Å². The average molecular weight is 396 g/mol. The molecule has 1 aliphatic rings. The Bertz CT molecular complexity index is 1050. The van der Waals surface area contributed by atoms with Gasteiger partial charge >= 0.3 is 5.97 Å². The number of para-hydroxylation sites is 2. The van der Waals surface area contributed by atoms with E-state index >= 15 is 0 Å². The Balaban J connectivity index is 1.80. The van der Waals surface area contributed by atoms with Crippen LogP contribution in [-0.2, 0) is 13.1 Å². The Morgan fingerprint density at radius 2 is 1.96 bits per heavy atom. The molecule has 0 aromatic heterocycles. The highest BCUT2D eigenvalue weighted by Gasteiger charge is 2.23. The number of hydrogen-bond acceptors (Lipinski definition) is 4. The van der Waals surface area contributed by atoms with E-state index in [4.69, 9.17) is 21.1 Å². The fourth-order valence-corrected chi connectivity index (χ4v) is 3.60. The number of carboxylic acids is 1. The van der Waals surface area contributed by atoms with Gasteiger partial charge in [-0.05, 0) is 30.3 Å². The van der Waals surface area contributed by atoms with Crippen LogP contribution in [0.5, 0.6) is 17.2 Å². The first kappa shape index (κ1) is 18.2. The minimum atomic E-state index is -1.02. The van der Waals surface area contributed by atoms with Crippen molar-refractivity contribution >= 4 is 23.3 Å². The molecule has 0 atom stereocenters. The van der Waals surface area contributed by atoms with Crippen molar-refractivity contribution in [2.75, 3.05) is 12.0 Å². The summed E-state index contributed by atoms with van der Waals surface area (Å²) in [5.74, 6) is 0.825. The predicted molar refractivity (Wildman–Crippen MR) is 108 cm³/mol. The molecule has 0 spiro atoms. The van der Waals surface area contributed by atoms with Crippen LogP contribution < -0.4 is 14.4 Å². The number of hydrogen-bond donors (Lipinski definition) is 1. The van der Waals surface area contributed by atoms with Crippen LogP contribution in [0.25, 0.3) is 0 Å². The molecule has 0 saturated heterocycles. The maximum absolute atomic E-state index is 11.6. The fraction of sp³-hybridized carbons (Fsp3) is 0.136. The van der Waals surface area contributed by atoms with Crippen LogP contribution in [-0.4, -0.2) is 18.2 Å². The molecule has 6 heteroatoms. The first-order valence-electron chi connectivity index (χ1n) is 8.76. The van der Waals surface area contributed by atoms with Crippen molar-refractivity contribution in [3.05, 3.63) is 82.4 Å². The lowest BCUT2D eigenvalue weighted by Gasteiger charge is -2.25. The van der Waals surface area contributed by atoms with Crippen LogP contribution in [0, 0.1) is 0 Å². The summed E-state index contributed by atoms with van der Waals surface area (Å²) in [4.78, 5) is 13.7. The largest absolute Gasteiger partial charge is 0.495 e. The predicted octanol–water partition coefficient (Wildman–Crippen LogP) is 5.36. The van der Waals surface area contributed by atoms with Crippen molar-refractivity contribution < 1.29 is 19.4 Å². The van der Waals surface area contributed by atoms with E-state index < -0.39 is 5.97 Å². The minimum absolute atomic E-state index is 0.137. The Hall–Kier alpha value is -3.18. The van der Waals surface area contributed by atoms with Gasteiger partial charge in [-0.25, -0.2) is 4.79 Å². The van der Waals surface area contributed by atoms with Crippen molar-refractivity contribution in [2.45, 2.75) is 13.1 Å². The number of carboxylic acid groups (broad SMARTS) is 1. The zero-order valence-corrected chi connectivity index (χ0v) is 15.9. The lowest BCUT2D eigenvalue weighted by Crippen LogP contribution is -2.22. The number of aromatic carboxylic acids is 1. The van der Waals surface area contributed by atoms with Crippen molar-refractivity contribution in [3.8, 4) is 17.2 Å². The highest BCUT2D eigenvalue weighted by molar-refractivity contribution is 6.31. The van der Waals surface area contributed by atoms with Crippen molar-refractivity contribution in [1.82, 2.24) is 0 Å².